The maximum absolute atomic E-state index is 13.9. The molecule has 2 fully saturated rings. The summed E-state index contributed by atoms with van der Waals surface area (Å²) in [5, 5.41) is 6.00. The zero-order valence-corrected chi connectivity index (χ0v) is 23.8. The van der Waals surface area contributed by atoms with Crippen LogP contribution >= 0.6 is 0 Å². The van der Waals surface area contributed by atoms with Crippen LogP contribution < -0.4 is 5.32 Å². The Balaban J connectivity index is 1.38. The molecule has 10 heteroatoms. The minimum Gasteiger partial charge on any atom is -0.375 e. The van der Waals surface area contributed by atoms with Gasteiger partial charge in [0.15, 0.2) is 0 Å². The molecule has 43 heavy (non-hydrogen) atoms. The third kappa shape index (κ3) is 7.20. The van der Waals surface area contributed by atoms with Crippen LogP contribution in [0.1, 0.15) is 16.7 Å². The van der Waals surface area contributed by atoms with Gasteiger partial charge in [0.25, 0.3) is 0 Å². The highest BCUT2D eigenvalue weighted by molar-refractivity contribution is 5.91. The molecule has 9 nitrogen and oxygen atoms in total. The number of rotatable bonds is 10. The Kier molecular flexibility index (Phi) is 9.66. The largest absolute Gasteiger partial charge is 0.375 e. The number of urea groups is 1. The number of ether oxygens (including phenoxy) is 1. The second kappa shape index (κ2) is 14.0. The number of carbonyl (C=O) groups is 3. The molecule has 2 saturated heterocycles. The molecule has 222 valence electrons. The van der Waals surface area contributed by atoms with E-state index in [4.69, 9.17) is 11.2 Å². The number of nitrogens with one attached hydrogen (secondary N) is 1. The number of hydrogen-bond acceptors (Lipinski definition) is 5. The van der Waals surface area contributed by atoms with E-state index in [1.54, 1.807) is 26.9 Å². The maximum Gasteiger partial charge on any atom is 0.334 e. The minimum atomic E-state index is -0.817. The number of carbonyl (C=O) groups excluding carboxylic acids is 3. The van der Waals surface area contributed by atoms with Gasteiger partial charge in [0, 0.05) is 19.5 Å². The number of terminal acetylenes is 1. The van der Waals surface area contributed by atoms with Crippen LogP contribution in [-0.4, -0.2) is 82.7 Å². The lowest BCUT2D eigenvalue weighted by Crippen LogP contribution is -2.76. The molecule has 3 aromatic carbocycles. The Morgan fingerprint density at radius 1 is 0.953 bits per heavy atom. The molecule has 2 aliphatic heterocycles. The van der Waals surface area contributed by atoms with Gasteiger partial charge in [-0.25, -0.2) is 14.2 Å². The van der Waals surface area contributed by atoms with Crippen LogP contribution in [0.3, 0.4) is 0 Å². The normalized spacial score (nSPS) is 18.7. The third-order valence-corrected chi connectivity index (χ3v) is 7.56. The zero-order valence-electron chi connectivity index (χ0n) is 23.8. The smallest absolute Gasteiger partial charge is 0.334 e. The monoisotopic (exact) mass is 583 g/mol. The Bertz CT molecular complexity index is 1450. The van der Waals surface area contributed by atoms with Crippen molar-refractivity contribution in [2.75, 3.05) is 32.8 Å². The van der Waals surface area contributed by atoms with Crippen molar-refractivity contribution in [2.24, 2.45) is 0 Å². The fourth-order valence-corrected chi connectivity index (χ4v) is 5.48. The van der Waals surface area contributed by atoms with Crippen molar-refractivity contribution in [3.8, 4) is 12.3 Å². The van der Waals surface area contributed by atoms with Gasteiger partial charge in [0.05, 0.1) is 32.8 Å². The van der Waals surface area contributed by atoms with Gasteiger partial charge in [-0.15, -0.1) is 6.42 Å². The quantitative estimate of drug-likeness (QED) is 0.293. The molecule has 0 spiro atoms. The van der Waals surface area contributed by atoms with Crippen LogP contribution in [0.25, 0.3) is 0 Å². The lowest BCUT2D eigenvalue weighted by molar-refractivity contribution is -0.189. The maximum atomic E-state index is 13.9. The van der Waals surface area contributed by atoms with Crippen molar-refractivity contribution in [1.29, 1.82) is 0 Å². The van der Waals surface area contributed by atoms with E-state index >= 15 is 0 Å². The fourth-order valence-electron chi connectivity index (χ4n) is 5.48. The number of hydrazine groups is 1. The summed E-state index contributed by atoms with van der Waals surface area (Å²) >= 11 is 0. The van der Waals surface area contributed by atoms with E-state index in [0.717, 1.165) is 16.7 Å². The molecule has 3 aromatic rings. The second-order valence-electron chi connectivity index (χ2n) is 10.5. The first-order chi connectivity index (χ1) is 20.9. The summed E-state index contributed by atoms with van der Waals surface area (Å²) in [7, 11) is 0. The van der Waals surface area contributed by atoms with Crippen molar-refractivity contribution in [3.63, 3.8) is 0 Å². The summed E-state index contributed by atoms with van der Waals surface area (Å²) in [4.78, 5) is 44.4. The third-order valence-electron chi connectivity index (χ3n) is 7.56. The van der Waals surface area contributed by atoms with E-state index in [1.165, 1.54) is 17.1 Å². The van der Waals surface area contributed by atoms with E-state index in [0.29, 0.717) is 6.42 Å². The molecule has 0 radical (unpaired) electrons. The van der Waals surface area contributed by atoms with Gasteiger partial charge >= 0.3 is 6.03 Å². The van der Waals surface area contributed by atoms with E-state index in [1.807, 2.05) is 60.7 Å². The molecule has 0 unspecified atom stereocenters. The summed E-state index contributed by atoms with van der Waals surface area (Å²) in [6.07, 6.45) is 5.17. The Hall–Kier alpha value is -4.72. The lowest BCUT2D eigenvalue weighted by Gasteiger charge is -2.54. The number of amides is 4. The van der Waals surface area contributed by atoms with Crippen molar-refractivity contribution in [3.05, 3.63) is 107 Å². The molecular formula is C33H34FN5O4. The number of benzene rings is 3. The minimum absolute atomic E-state index is 0.0485. The highest BCUT2D eigenvalue weighted by atomic mass is 19.1. The Morgan fingerprint density at radius 3 is 2.30 bits per heavy atom. The van der Waals surface area contributed by atoms with E-state index in [-0.39, 0.29) is 63.6 Å². The van der Waals surface area contributed by atoms with Gasteiger partial charge < -0.3 is 19.9 Å². The van der Waals surface area contributed by atoms with Gasteiger partial charge in [-0.2, -0.15) is 5.01 Å². The van der Waals surface area contributed by atoms with Gasteiger partial charge in [-0.05, 0) is 28.8 Å². The molecule has 0 aliphatic carbocycles. The predicted octanol–water partition coefficient (Wildman–Crippen LogP) is 3.03. The van der Waals surface area contributed by atoms with Crippen molar-refractivity contribution >= 4 is 17.8 Å². The van der Waals surface area contributed by atoms with Crippen molar-refractivity contribution in [1.82, 2.24) is 25.1 Å². The molecule has 2 aliphatic rings. The van der Waals surface area contributed by atoms with E-state index in [9.17, 15) is 18.8 Å². The molecule has 1 N–H and O–H groups in total. The van der Waals surface area contributed by atoms with Gasteiger partial charge in [-0.1, -0.05) is 78.7 Å². The summed E-state index contributed by atoms with van der Waals surface area (Å²) in [6, 6.07) is 23.8. The number of nitrogens with zero attached hydrogens (tertiary/aromatic N) is 4. The average Bonchev–Trinajstić information content (AvgIpc) is 3.02. The average molecular weight is 584 g/mol. The Labute approximate surface area is 250 Å². The zero-order chi connectivity index (χ0) is 30.2. The van der Waals surface area contributed by atoms with E-state index in [2.05, 4.69) is 11.2 Å². The van der Waals surface area contributed by atoms with Crippen LogP contribution in [-0.2, 0) is 33.9 Å². The standard InChI is InChI=1S/C33H34FN5O4/c1-2-17-37-23-31(40)38-29(20-25-9-5-3-6-10-25)32(41)36(18-19-43-24-27-13-15-28(34)16-14-27)22-30(38)39(37)33(42)35-21-26-11-7-4-8-12-26/h1,3-16,29-30H,17-24H2,(H,35,42)/t29-,30-/m0/s1. The van der Waals surface area contributed by atoms with Crippen LogP contribution in [0.5, 0.6) is 0 Å². The number of fused-ring (bicyclic) bond motifs is 1. The first-order valence-electron chi connectivity index (χ1n) is 14.2. The summed E-state index contributed by atoms with van der Waals surface area (Å²) in [5.41, 5.74) is 2.63. The number of halogens is 1. The molecule has 2 heterocycles. The van der Waals surface area contributed by atoms with Gasteiger partial charge in [-0.3, -0.25) is 9.59 Å². The van der Waals surface area contributed by atoms with Crippen molar-refractivity contribution in [2.45, 2.75) is 31.8 Å². The lowest BCUT2D eigenvalue weighted by atomic mass is 9.99. The first-order valence-corrected chi connectivity index (χ1v) is 14.2. The molecule has 0 saturated carbocycles. The van der Waals surface area contributed by atoms with Crippen LogP contribution in [0, 0.1) is 18.2 Å². The fraction of sp³-hybridized carbons (Fsp3) is 0.303. The Morgan fingerprint density at radius 2 is 1.63 bits per heavy atom. The van der Waals surface area contributed by atoms with Crippen LogP contribution in [0.15, 0.2) is 84.9 Å². The molecule has 4 amide bonds. The summed E-state index contributed by atoms with van der Waals surface area (Å²) in [5.74, 6) is 1.75. The highest BCUT2D eigenvalue weighted by Crippen LogP contribution is 2.28. The second-order valence-corrected chi connectivity index (χ2v) is 10.5. The highest BCUT2D eigenvalue weighted by Gasteiger charge is 2.51. The van der Waals surface area contributed by atoms with Crippen molar-refractivity contribution < 1.29 is 23.5 Å². The van der Waals surface area contributed by atoms with Crippen LogP contribution in [0.2, 0.25) is 0 Å². The topological polar surface area (TPSA) is 85.4 Å². The SMILES string of the molecule is C#CCN1CC(=O)N2[C@@H](Cc3ccccc3)C(=O)N(CCOCc3ccc(F)cc3)C[C@@H]2N1C(=O)NCc1ccccc1. The van der Waals surface area contributed by atoms with Gasteiger partial charge in [0.1, 0.15) is 18.0 Å². The van der Waals surface area contributed by atoms with Crippen LogP contribution in [0.4, 0.5) is 9.18 Å². The summed E-state index contributed by atoms with van der Waals surface area (Å²) < 4.78 is 19.1. The van der Waals surface area contributed by atoms with Gasteiger partial charge in [0.2, 0.25) is 11.8 Å². The molecule has 0 aromatic heterocycles. The number of piperazine rings is 1. The molecular weight excluding hydrogens is 549 g/mol. The molecule has 0 bridgehead atoms. The summed E-state index contributed by atoms with van der Waals surface area (Å²) in [6.45, 7) is 1.03. The molecule has 5 rings (SSSR count). The number of hydrogen-bond donors (Lipinski definition) is 1. The van der Waals surface area contributed by atoms with E-state index < -0.39 is 18.2 Å². The predicted molar refractivity (Wildman–Crippen MR) is 158 cm³/mol. The first kappa shape index (κ1) is 29.8. The molecule has 2 atom stereocenters.